The Labute approximate surface area is 195 Å². The number of nitro groups is 1. The molecule has 0 bridgehead atoms. The number of rotatable bonds is 6. The van der Waals surface area contributed by atoms with E-state index in [0.29, 0.717) is 27.0 Å². The van der Waals surface area contributed by atoms with E-state index >= 15 is 0 Å². The second-order valence-corrected chi connectivity index (χ2v) is 9.52. The minimum Gasteiger partial charge on any atom is -0.502 e. The number of thiazole rings is 1. The standard InChI is InChI=1S/C21H13Cl2N3O3S2/c22-14-2-4-16(23)13(8-14)11-30-21-25-17-5-3-15(9-20(17)31-21)24-10-12-1-6-19(27)18(7-12)26(28)29/h1-10,27H,11H2. The highest BCUT2D eigenvalue weighted by Crippen LogP contribution is 2.35. The summed E-state index contributed by atoms with van der Waals surface area (Å²) in [5.74, 6) is 0.279. The fourth-order valence-electron chi connectivity index (χ4n) is 2.74. The number of aliphatic imine (C=N–C) groups is 1. The molecule has 0 aliphatic heterocycles. The lowest BCUT2D eigenvalue weighted by atomic mass is 10.2. The smallest absolute Gasteiger partial charge is 0.311 e. The van der Waals surface area contributed by atoms with E-state index in [0.717, 1.165) is 20.1 Å². The number of aromatic hydroxyl groups is 1. The van der Waals surface area contributed by atoms with E-state index in [1.165, 1.54) is 18.3 Å². The molecule has 0 atom stereocenters. The van der Waals surface area contributed by atoms with Crippen molar-refractivity contribution in [2.45, 2.75) is 10.1 Å². The number of phenols is 1. The monoisotopic (exact) mass is 489 g/mol. The molecule has 0 saturated heterocycles. The van der Waals surface area contributed by atoms with Crippen molar-refractivity contribution in [1.82, 2.24) is 4.98 Å². The maximum absolute atomic E-state index is 11.0. The zero-order chi connectivity index (χ0) is 22.0. The second-order valence-electron chi connectivity index (χ2n) is 6.42. The zero-order valence-corrected chi connectivity index (χ0v) is 18.8. The van der Waals surface area contributed by atoms with Gasteiger partial charge in [0.15, 0.2) is 10.1 Å². The van der Waals surface area contributed by atoms with E-state index < -0.39 is 4.92 Å². The highest BCUT2D eigenvalue weighted by atomic mass is 35.5. The van der Waals surface area contributed by atoms with E-state index in [9.17, 15) is 15.2 Å². The molecule has 0 unspecified atom stereocenters. The molecule has 0 radical (unpaired) electrons. The maximum Gasteiger partial charge on any atom is 0.311 e. The number of benzene rings is 3. The molecular weight excluding hydrogens is 477 g/mol. The molecule has 6 nitrogen and oxygen atoms in total. The first-order valence-corrected chi connectivity index (χ1v) is 11.4. The van der Waals surface area contributed by atoms with E-state index in [4.69, 9.17) is 23.2 Å². The van der Waals surface area contributed by atoms with Crippen molar-refractivity contribution in [3.63, 3.8) is 0 Å². The third-order valence-corrected chi connectivity index (χ3v) is 7.08. The van der Waals surface area contributed by atoms with Crippen LogP contribution in [0, 0.1) is 10.1 Å². The fraction of sp³-hybridized carbons (Fsp3) is 0.0476. The summed E-state index contributed by atoms with van der Waals surface area (Å²) in [6.45, 7) is 0. The Morgan fingerprint density at radius 2 is 2.00 bits per heavy atom. The van der Waals surface area contributed by atoms with E-state index in [1.54, 1.807) is 41.3 Å². The molecule has 1 heterocycles. The third kappa shape index (κ3) is 5.16. The number of nitrogens with zero attached hydrogens (tertiary/aromatic N) is 3. The molecule has 0 fully saturated rings. The van der Waals surface area contributed by atoms with Crippen LogP contribution in [0.2, 0.25) is 10.0 Å². The van der Waals surface area contributed by atoms with Crippen molar-refractivity contribution in [1.29, 1.82) is 0 Å². The van der Waals surface area contributed by atoms with Gasteiger partial charge in [-0.25, -0.2) is 4.98 Å². The minimum absolute atomic E-state index is 0.358. The Morgan fingerprint density at radius 3 is 2.81 bits per heavy atom. The first-order chi connectivity index (χ1) is 14.9. The summed E-state index contributed by atoms with van der Waals surface area (Å²) in [5, 5.41) is 21.8. The number of aromatic nitrogens is 1. The SMILES string of the molecule is O=[N+]([O-])c1cc(C=Nc2ccc3nc(SCc4cc(Cl)ccc4Cl)sc3c2)ccc1O. The normalized spacial score (nSPS) is 11.4. The topological polar surface area (TPSA) is 88.6 Å². The number of hydrogen-bond acceptors (Lipinski definition) is 7. The Balaban J connectivity index is 1.51. The van der Waals surface area contributed by atoms with Crippen LogP contribution < -0.4 is 0 Å². The van der Waals surface area contributed by atoms with Gasteiger partial charge in [0.25, 0.3) is 0 Å². The maximum atomic E-state index is 11.0. The lowest BCUT2D eigenvalue weighted by Gasteiger charge is -2.02. The van der Waals surface area contributed by atoms with E-state index in [-0.39, 0.29) is 11.4 Å². The van der Waals surface area contributed by atoms with Crippen LogP contribution in [0.25, 0.3) is 10.2 Å². The summed E-state index contributed by atoms with van der Waals surface area (Å²) in [6, 6.07) is 15.1. The minimum atomic E-state index is -0.633. The lowest BCUT2D eigenvalue weighted by molar-refractivity contribution is -0.385. The fourth-order valence-corrected chi connectivity index (χ4v) is 5.29. The summed E-state index contributed by atoms with van der Waals surface area (Å²) < 4.78 is 1.88. The van der Waals surface area contributed by atoms with Gasteiger partial charge in [-0.2, -0.15) is 0 Å². The Kier molecular flexibility index (Phi) is 6.43. The zero-order valence-electron chi connectivity index (χ0n) is 15.7. The number of phenolic OH excluding ortho intramolecular Hbond substituents is 1. The Bertz CT molecular complexity index is 1320. The van der Waals surface area contributed by atoms with Crippen LogP contribution in [0.1, 0.15) is 11.1 Å². The van der Waals surface area contributed by atoms with E-state index in [1.807, 2.05) is 24.3 Å². The molecule has 31 heavy (non-hydrogen) atoms. The van der Waals surface area contributed by atoms with Crippen LogP contribution in [-0.2, 0) is 5.75 Å². The molecule has 0 aliphatic carbocycles. The molecule has 1 N–H and O–H groups in total. The first-order valence-electron chi connectivity index (χ1n) is 8.88. The summed E-state index contributed by atoms with van der Waals surface area (Å²) in [6.07, 6.45) is 1.52. The van der Waals surface area contributed by atoms with Gasteiger partial charge < -0.3 is 5.11 Å². The average molecular weight is 490 g/mol. The van der Waals surface area contributed by atoms with Crippen LogP contribution in [0.3, 0.4) is 0 Å². The lowest BCUT2D eigenvalue weighted by Crippen LogP contribution is -1.90. The molecular formula is C21H13Cl2N3O3S2. The van der Waals surface area contributed by atoms with Gasteiger partial charge in [0.1, 0.15) is 0 Å². The summed E-state index contributed by atoms with van der Waals surface area (Å²) in [5.41, 5.74) is 2.67. The Hall–Kier alpha value is -2.65. The largest absolute Gasteiger partial charge is 0.502 e. The van der Waals surface area contributed by atoms with Crippen molar-refractivity contribution in [2.75, 3.05) is 0 Å². The van der Waals surface area contributed by atoms with Crippen LogP contribution in [0.15, 0.2) is 63.9 Å². The predicted octanol–water partition coefficient (Wildman–Crippen LogP) is 7.26. The number of thioether (sulfide) groups is 1. The van der Waals surface area contributed by atoms with Crippen LogP contribution in [0.4, 0.5) is 11.4 Å². The van der Waals surface area contributed by atoms with Crippen molar-refractivity contribution >= 4 is 74.1 Å². The summed E-state index contributed by atoms with van der Waals surface area (Å²) in [4.78, 5) is 19.3. The average Bonchev–Trinajstić information content (AvgIpc) is 3.15. The molecule has 0 aliphatic rings. The number of nitro benzene ring substituents is 1. The van der Waals surface area contributed by atoms with Crippen molar-refractivity contribution < 1.29 is 10.0 Å². The van der Waals surface area contributed by atoms with Crippen LogP contribution in [0.5, 0.6) is 5.75 Å². The van der Waals surface area contributed by atoms with Crippen LogP contribution in [-0.4, -0.2) is 21.2 Å². The molecule has 10 heteroatoms. The Morgan fingerprint density at radius 1 is 1.16 bits per heavy atom. The molecule has 0 spiro atoms. The molecule has 4 rings (SSSR count). The van der Waals surface area contributed by atoms with Crippen molar-refractivity contribution in [3.05, 3.63) is 85.9 Å². The van der Waals surface area contributed by atoms with Gasteiger partial charge in [-0.05, 0) is 59.7 Å². The van der Waals surface area contributed by atoms with Gasteiger partial charge in [-0.3, -0.25) is 15.1 Å². The third-order valence-electron chi connectivity index (χ3n) is 4.27. The van der Waals surface area contributed by atoms with Gasteiger partial charge in [-0.15, -0.1) is 11.3 Å². The van der Waals surface area contributed by atoms with Gasteiger partial charge in [0.05, 0.1) is 20.8 Å². The summed E-state index contributed by atoms with van der Waals surface area (Å²) in [7, 11) is 0. The summed E-state index contributed by atoms with van der Waals surface area (Å²) >= 11 is 15.4. The van der Waals surface area contributed by atoms with Crippen molar-refractivity contribution in [2.24, 2.45) is 4.99 Å². The molecule has 3 aromatic carbocycles. The first kappa shape index (κ1) is 21.6. The second kappa shape index (κ2) is 9.23. The number of hydrogen-bond donors (Lipinski definition) is 1. The molecule has 0 saturated carbocycles. The quantitative estimate of drug-likeness (QED) is 0.133. The number of halogens is 2. The molecule has 1 aromatic heterocycles. The van der Waals surface area contributed by atoms with Crippen LogP contribution >= 0.6 is 46.3 Å². The van der Waals surface area contributed by atoms with Gasteiger partial charge in [-0.1, -0.05) is 35.0 Å². The van der Waals surface area contributed by atoms with Gasteiger partial charge >= 0.3 is 5.69 Å². The molecule has 156 valence electrons. The number of fused-ring (bicyclic) bond motifs is 1. The highest BCUT2D eigenvalue weighted by Gasteiger charge is 2.13. The highest BCUT2D eigenvalue weighted by molar-refractivity contribution is 8.00. The molecule has 4 aromatic rings. The van der Waals surface area contributed by atoms with E-state index in [2.05, 4.69) is 9.98 Å². The molecule has 0 amide bonds. The van der Waals surface area contributed by atoms with Gasteiger partial charge in [0.2, 0.25) is 0 Å². The predicted molar refractivity (Wildman–Crippen MR) is 128 cm³/mol. The van der Waals surface area contributed by atoms with Gasteiger partial charge in [0, 0.05) is 28.1 Å². The van der Waals surface area contributed by atoms with Crippen molar-refractivity contribution in [3.8, 4) is 5.75 Å².